The summed E-state index contributed by atoms with van der Waals surface area (Å²) < 4.78 is 5.58. The summed E-state index contributed by atoms with van der Waals surface area (Å²) in [5, 5.41) is 9.29. The molecule has 2 rings (SSSR count). The van der Waals surface area contributed by atoms with Gasteiger partial charge in [0.25, 0.3) is 0 Å². The van der Waals surface area contributed by atoms with Crippen molar-refractivity contribution in [3.05, 3.63) is 59.4 Å². The van der Waals surface area contributed by atoms with E-state index in [1.54, 1.807) is 42.6 Å². The van der Waals surface area contributed by atoms with Gasteiger partial charge in [-0.3, -0.25) is 4.79 Å². The number of hydrogen-bond acceptors (Lipinski definition) is 3. The highest BCUT2D eigenvalue weighted by Crippen LogP contribution is 2.17. The number of benzene rings is 1. The Kier molecular flexibility index (Phi) is 7.68. The van der Waals surface area contributed by atoms with E-state index in [0.29, 0.717) is 37.0 Å². The van der Waals surface area contributed by atoms with Crippen LogP contribution in [0, 0.1) is 0 Å². The first-order valence-corrected chi connectivity index (χ1v) is 8.93. The maximum atomic E-state index is 12.3. The third-order valence-electron chi connectivity index (χ3n) is 4.02. The van der Waals surface area contributed by atoms with E-state index in [1.807, 2.05) is 6.07 Å². The van der Waals surface area contributed by atoms with Gasteiger partial charge < -0.3 is 14.8 Å². The largest absolute Gasteiger partial charge is 0.494 e. The summed E-state index contributed by atoms with van der Waals surface area (Å²) in [6, 6.07) is 10.7. The number of nitrogens with one attached hydrogen (secondary N) is 1. The van der Waals surface area contributed by atoms with Gasteiger partial charge in [0.15, 0.2) is 5.78 Å². The average Bonchev–Trinajstić information content (AvgIpc) is 3.14. The van der Waals surface area contributed by atoms with Gasteiger partial charge in [-0.05, 0) is 61.7 Å². The Labute approximate surface area is 153 Å². The van der Waals surface area contributed by atoms with Crippen LogP contribution in [0.15, 0.2) is 48.2 Å². The fourth-order valence-corrected chi connectivity index (χ4v) is 2.52. The Hall–Kier alpha value is -2.82. The van der Waals surface area contributed by atoms with Crippen LogP contribution in [0.2, 0.25) is 0 Å². The van der Waals surface area contributed by atoms with Crippen molar-refractivity contribution in [1.82, 2.24) is 4.98 Å². The highest BCUT2D eigenvalue weighted by molar-refractivity contribution is 5.96. The fraction of sp³-hybridized carbons (Fsp3) is 0.333. The molecule has 0 aliphatic heterocycles. The van der Waals surface area contributed by atoms with Crippen LogP contribution in [0.3, 0.4) is 0 Å². The van der Waals surface area contributed by atoms with Crippen molar-refractivity contribution in [2.75, 3.05) is 6.61 Å². The molecule has 0 radical (unpaired) electrons. The summed E-state index contributed by atoms with van der Waals surface area (Å²) in [7, 11) is 0. The first-order valence-electron chi connectivity index (χ1n) is 8.93. The zero-order chi connectivity index (χ0) is 18.8. The second-order valence-corrected chi connectivity index (χ2v) is 6.10. The summed E-state index contributed by atoms with van der Waals surface area (Å²) in [5.74, 6) is -0.188. The number of unbranched alkanes of at least 4 members (excludes halogenated alkanes) is 1. The summed E-state index contributed by atoms with van der Waals surface area (Å²) in [4.78, 5) is 26.6. The Morgan fingerprint density at radius 3 is 2.50 bits per heavy atom. The molecule has 2 aromatic rings. The monoisotopic (exact) mass is 355 g/mol. The van der Waals surface area contributed by atoms with Crippen molar-refractivity contribution in [3.63, 3.8) is 0 Å². The van der Waals surface area contributed by atoms with E-state index in [4.69, 9.17) is 4.74 Å². The lowest BCUT2D eigenvalue weighted by Gasteiger charge is -2.06. The first kappa shape index (κ1) is 19.5. The Morgan fingerprint density at radius 2 is 1.88 bits per heavy atom. The van der Waals surface area contributed by atoms with Crippen molar-refractivity contribution in [1.29, 1.82) is 0 Å². The Morgan fingerprint density at radius 1 is 1.12 bits per heavy atom. The maximum Gasteiger partial charge on any atom is 0.331 e. The topological polar surface area (TPSA) is 79.4 Å². The number of carbonyl (C=O) groups excluding carboxylic acids is 1. The van der Waals surface area contributed by atoms with Gasteiger partial charge in [0.05, 0.1) is 6.61 Å². The van der Waals surface area contributed by atoms with Crippen molar-refractivity contribution >= 4 is 17.8 Å². The van der Waals surface area contributed by atoms with E-state index in [2.05, 4.69) is 11.9 Å². The van der Waals surface area contributed by atoms with Crippen molar-refractivity contribution < 1.29 is 19.4 Å². The molecule has 5 heteroatoms. The van der Waals surface area contributed by atoms with E-state index in [-0.39, 0.29) is 5.78 Å². The number of carbonyl (C=O) groups is 2. The Balaban J connectivity index is 1.84. The number of Topliss-reactive ketones (excluding diaryl/α,β-unsaturated/α-hetero) is 1. The first-order chi connectivity index (χ1) is 12.6. The molecule has 0 spiro atoms. The van der Waals surface area contributed by atoms with E-state index in [9.17, 15) is 14.7 Å². The molecule has 5 nitrogen and oxygen atoms in total. The quantitative estimate of drug-likeness (QED) is 0.347. The third-order valence-corrected chi connectivity index (χ3v) is 4.02. The average molecular weight is 355 g/mol. The minimum absolute atomic E-state index is 0.00900. The number of aromatic amines is 1. The molecule has 1 heterocycles. The molecule has 0 unspecified atom stereocenters. The fourth-order valence-electron chi connectivity index (χ4n) is 2.52. The molecule has 0 bridgehead atoms. The number of H-pyrrole nitrogens is 1. The van der Waals surface area contributed by atoms with E-state index in [1.165, 1.54) is 0 Å². The minimum atomic E-state index is -0.958. The molecule has 0 aliphatic carbocycles. The number of ketones is 1. The van der Waals surface area contributed by atoms with Crippen LogP contribution < -0.4 is 4.74 Å². The maximum absolute atomic E-state index is 12.3. The van der Waals surface area contributed by atoms with Gasteiger partial charge in [-0.25, -0.2) is 4.79 Å². The van der Waals surface area contributed by atoms with Crippen LogP contribution in [-0.2, 0) is 4.79 Å². The number of aromatic nitrogens is 1. The standard InChI is InChI=1S/C21H25NO4/c1-2-3-14-26-19-11-9-16(10-12-19)20(23)8-4-6-17(21(24)25)15-18-7-5-13-22-18/h5,7,9-13,15,22H,2-4,6,8,14H2,1H3,(H,24,25)/b17-15-. The molecule has 0 saturated heterocycles. The van der Waals surface area contributed by atoms with Crippen molar-refractivity contribution in [2.24, 2.45) is 0 Å². The second-order valence-electron chi connectivity index (χ2n) is 6.10. The summed E-state index contributed by atoms with van der Waals surface area (Å²) >= 11 is 0. The minimum Gasteiger partial charge on any atom is -0.494 e. The molecule has 0 amide bonds. The van der Waals surface area contributed by atoms with Crippen LogP contribution >= 0.6 is 0 Å². The molecule has 1 aromatic heterocycles. The highest BCUT2D eigenvalue weighted by atomic mass is 16.5. The Bertz CT molecular complexity index is 730. The van der Waals surface area contributed by atoms with Crippen LogP contribution in [-0.4, -0.2) is 28.4 Å². The molecule has 1 aromatic carbocycles. The van der Waals surface area contributed by atoms with E-state index < -0.39 is 5.97 Å². The van der Waals surface area contributed by atoms with Gasteiger partial charge in [0, 0.05) is 29.4 Å². The van der Waals surface area contributed by atoms with Crippen LogP contribution in [0.1, 0.15) is 55.1 Å². The van der Waals surface area contributed by atoms with Gasteiger partial charge in [-0.1, -0.05) is 13.3 Å². The summed E-state index contributed by atoms with van der Waals surface area (Å²) in [5.41, 5.74) is 1.66. The second kappa shape index (κ2) is 10.2. The molecule has 26 heavy (non-hydrogen) atoms. The number of carboxylic acid groups (broad SMARTS) is 1. The predicted octanol–water partition coefficient (Wildman–Crippen LogP) is 4.71. The number of carboxylic acids is 1. The summed E-state index contributed by atoms with van der Waals surface area (Å²) in [6.07, 6.45) is 6.58. The number of aliphatic carboxylic acids is 1. The molecular weight excluding hydrogens is 330 g/mol. The SMILES string of the molecule is CCCCOc1ccc(C(=O)CCC/C(=C/c2ccc[nH]2)C(=O)O)cc1. The number of ether oxygens (including phenoxy) is 1. The van der Waals surface area contributed by atoms with Crippen molar-refractivity contribution in [3.8, 4) is 5.75 Å². The van der Waals surface area contributed by atoms with Gasteiger partial charge in [-0.2, -0.15) is 0 Å². The third kappa shape index (κ3) is 6.24. The molecule has 2 N–H and O–H groups in total. The lowest BCUT2D eigenvalue weighted by Crippen LogP contribution is -2.04. The van der Waals surface area contributed by atoms with Gasteiger partial charge in [0.2, 0.25) is 0 Å². The van der Waals surface area contributed by atoms with E-state index in [0.717, 1.165) is 24.3 Å². The van der Waals surface area contributed by atoms with Crippen LogP contribution in [0.25, 0.3) is 6.08 Å². The zero-order valence-electron chi connectivity index (χ0n) is 15.0. The zero-order valence-corrected chi connectivity index (χ0v) is 15.0. The van der Waals surface area contributed by atoms with Gasteiger partial charge in [0.1, 0.15) is 5.75 Å². The van der Waals surface area contributed by atoms with E-state index >= 15 is 0 Å². The van der Waals surface area contributed by atoms with Crippen LogP contribution in [0.4, 0.5) is 0 Å². The molecule has 138 valence electrons. The summed E-state index contributed by atoms with van der Waals surface area (Å²) in [6.45, 7) is 2.78. The molecule has 0 fully saturated rings. The molecule has 0 aliphatic rings. The van der Waals surface area contributed by atoms with Gasteiger partial charge in [-0.15, -0.1) is 0 Å². The smallest absolute Gasteiger partial charge is 0.331 e. The van der Waals surface area contributed by atoms with Crippen LogP contribution in [0.5, 0.6) is 5.75 Å². The highest BCUT2D eigenvalue weighted by Gasteiger charge is 2.11. The number of hydrogen-bond donors (Lipinski definition) is 2. The predicted molar refractivity (Wildman–Crippen MR) is 101 cm³/mol. The molecular formula is C21H25NO4. The van der Waals surface area contributed by atoms with Crippen molar-refractivity contribution in [2.45, 2.75) is 39.0 Å². The molecule has 0 atom stereocenters. The molecule has 0 saturated carbocycles. The normalized spacial score (nSPS) is 11.3. The van der Waals surface area contributed by atoms with Gasteiger partial charge >= 0.3 is 5.97 Å². The lowest BCUT2D eigenvalue weighted by molar-refractivity contribution is -0.132. The lowest BCUT2D eigenvalue weighted by atomic mass is 10.0. The number of rotatable bonds is 11.